The molecule has 2 aromatic carbocycles. The fourth-order valence-corrected chi connectivity index (χ4v) is 3.58. The Kier molecular flexibility index (Phi) is 4.99. The molecular formula is C23H21N3O3. The second kappa shape index (κ2) is 7.75. The smallest absolute Gasteiger partial charge is 0.331 e. The molecule has 2 heterocycles. The summed E-state index contributed by atoms with van der Waals surface area (Å²) in [5.41, 5.74) is 2.59. The summed E-state index contributed by atoms with van der Waals surface area (Å²) >= 11 is 0. The largest absolute Gasteiger partial charge is 0.347 e. The van der Waals surface area contributed by atoms with Crippen molar-refractivity contribution < 1.29 is 14.4 Å². The van der Waals surface area contributed by atoms with Gasteiger partial charge >= 0.3 is 6.03 Å². The van der Waals surface area contributed by atoms with Crippen LogP contribution in [0.5, 0.6) is 0 Å². The average Bonchev–Trinajstić information content (AvgIpc) is 3.07. The van der Waals surface area contributed by atoms with Gasteiger partial charge in [-0.1, -0.05) is 55.5 Å². The molecule has 6 heteroatoms. The van der Waals surface area contributed by atoms with Crippen LogP contribution in [0.3, 0.4) is 0 Å². The minimum absolute atomic E-state index is 0.0417. The number of para-hydroxylation sites is 1. The molecule has 1 aliphatic rings. The number of carbonyl (C=O) groups excluding carboxylic acids is 3. The summed E-state index contributed by atoms with van der Waals surface area (Å²) in [6.45, 7) is 3.04. The van der Waals surface area contributed by atoms with Crippen molar-refractivity contribution in [3.63, 3.8) is 0 Å². The molecule has 4 rings (SSSR count). The van der Waals surface area contributed by atoms with Crippen LogP contribution >= 0.6 is 0 Å². The number of urea groups is 1. The zero-order valence-corrected chi connectivity index (χ0v) is 16.1. The van der Waals surface area contributed by atoms with Crippen molar-refractivity contribution in [2.45, 2.75) is 26.4 Å². The molecule has 4 amide bonds. The third-order valence-electron chi connectivity index (χ3n) is 4.95. The maximum atomic E-state index is 13.0. The molecule has 0 saturated carbocycles. The van der Waals surface area contributed by atoms with Crippen LogP contribution in [0.2, 0.25) is 0 Å². The van der Waals surface area contributed by atoms with Gasteiger partial charge in [-0.25, -0.2) is 4.79 Å². The summed E-state index contributed by atoms with van der Waals surface area (Å²) in [7, 11) is 0. The maximum Gasteiger partial charge on any atom is 0.331 e. The Morgan fingerprint density at radius 2 is 1.69 bits per heavy atom. The first kappa shape index (κ1) is 18.7. The first-order valence-electron chi connectivity index (χ1n) is 9.59. The number of benzene rings is 2. The Balaban J connectivity index is 1.73. The van der Waals surface area contributed by atoms with Crippen LogP contribution in [0.25, 0.3) is 17.0 Å². The molecule has 0 bridgehead atoms. The third-order valence-corrected chi connectivity index (χ3v) is 4.95. The van der Waals surface area contributed by atoms with E-state index in [-0.39, 0.29) is 12.1 Å². The number of aryl methyl sites for hydroxylation is 1. The summed E-state index contributed by atoms with van der Waals surface area (Å²) in [6, 6.07) is 16.4. The fraction of sp³-hybridized carbons (Fsp3) is 0.174. The van der Waals surface area contributed by atoms with E-state index in [9.17, 15) is 14.4 Å². The Bertz CT molecular complexity index is 1130. The van der Waals surface area contributed by atoms with Gasteiger partial charge in [0.05, 0.1) is 6.54 Å². The third kappa shape index (κ3) is 3.57. The molecule has 0 radical (unpaired) electrons. The van der Waals surface area contributed by atoms with Gasteiger partial charge in [0, 0.05) is 29.2 Å². The summed E-state index contributed by atoms with van der Waals surface area (Å²) in [4.78, 5) is 38.7. The predicted octanol–water partition coefficient (Wildman–Crippen LogP) is 3.71. The van der Waals surface area contributed by atoms with Gasteiger partial charge in [-0.15, -0.1) is 0 Å². The van der Waals surface area contributed by atoms with E-state index in [1.54, 1.807) is 6.08 Å². The van der Waals surface area contributed by atoms with Crippen molar-refractivity contribution in [3.05, 3.63) is 77.5 Å². The van der Waals surface area contributed by atoms with E-state index in [1.165, 1.54) is 0 Å². The van der Waals surface area contributed by atoms with E-state index in [1.807, 2.05) is 60.8 Å². The number of aromatic nitrogens is 1. The maximum absolute atomic E-state index is 13.0. The number of rotatable bonds is 5. The van der Waals surface area contributed by atoms with Crippen LogP contribution in [0, 0.1) is 0 Å². The van der Waals surface area contributed by atoms with E-state index < -0.39 is 17.8 Å². The topological polar surface area (TPSA) is 71.4 Å². The highest BCUT2D eigenvalue weighted by Crippen LogP contribution is 2.25. The predicted molar refractivity (Wildman–Crippen MR) is 111 cm³/mol. The Morgan fingerprint density at radius 1 is 0.966 bits per heavy atom. The number of fused-ring (bicyclic) bond motifs is 1. The lowest BCUT2D eigenvalue weighted by Crippen LogP contribution is -2.53. The molecule has 1 aliphatic heterocycles. The highest BCUT2D eigenvalue weighted by atomic mass is 16.2. The van der Waals surface area contributed by atoms with Crippen LogP contribution in [-0.2, 0) is 22.7 Å². The van der Waals surface area contributed by atoms with Gasteiger partial charge < -0.3 is 4.57 Å². The molecule has 0 aliphatic carbocycles. The zero-order valence-electron chi connectivity index (χ0n) is 16.1. The molecule has 1 fully saturated rings. The minimum atomic E-state index is -0.700. The lowest BCUT2D eigenvalue weighted by Gasteiger charge is -2.26. The van der Waals surface area contributed by atoms with E-state index in [4.69, 9.17) is 0 Å². The molecule has 146 valence electrons. The molecule has 0 atom stereocenters. The molecule has 1 aromatic heterocycles. The molecule has 1 N–H and O–H groups in total. The molecule has 3 aromatic rings. The lowest BCUT2D eigenvalue weighted by molar-refractivity contribution is -0.130. The fourth-order valence-electron chi connectivity index (χ4n) is 3.58. The second-order valence-corrected chi connectivity index (χ2v) is 6.99. The Morgan fingerprint density at radius 3 is 2.45 bits per heavy atom. The van der Waals surface area contributed by atoms with Gasteiger partial charge in [0.2, 0.25) is 0 Å². The Labute approximate surface area is 168 Å². The van der Waals surface area contributed by atoms with Gasteiger partial charge in [-0.2, -0.15) is 0 Å². The van der Waals surface area contributed by atoms with Crippen LogP contribution in [-0.4, -0.2) is 27.3 Å². The minimum Gasteiger partial charge on any atom is -0.347 e. The van der Waals surface area contributed by atoms with Crippen LogP contribution in [0.1, 0.15) is 24.5 Å². The highest BCUT2D eigenvalue weighted by molar-refractivity contribution is 6.31. The zero-order chi connectivity index (χ0) is 20.4. The molecule has 0 unspecified atom stereocenters. The van der Waals surface area contributed by atoms with E-state index in [2.05, 4.69) is 16.8 Å². The quantitative estimate of drug-likeness (QED) is 0.536. The van der Waals surface area contributed by atoms with Crippen molar-refractivity contribution in [2.24, 2.45) is 0 Å². The van der Waals surface area contributed by atoms with Gasteiger partial charge in [0.1, 0.15) is 5.57 Å². The highest BCUT2D eigenvalue weighted by Gasteiger charge is 2.35. The number of amides is 4. The van der Waals surface area contributed by atoms with Crippen LogP contribution < -0.4 is 5.32 Å². The van der Waals surface area contributed by atoms with E-state index >= 15 is 0 Å². The van der Waals surface area contributed by atoms with Gasteiger partial charge in [0.25, 0.3) is 11.8 Å². The monoisotopic (exact) mass is 387 g/mol. The number of nitrogens with one attached hydrogen (secondary N) is 1. The van der Waals surface area contributed by atoms with Crippen molar-refractivity contribution in [1.82, 2.24) is 14.8 Å². The first-order valence-corrected chi connectivity index (χ1v) is 9.59. The van der Waals surface area contributed by atoms with Crippen molar-refractivity contribution in [1.29, 1.82) is 0 Å². The SMILES string of the molecule is CCCn1cc(/C=C2/C(=O)NC(=O)N(Cc3ccccc3)C2=O)c2ccccc21. The number of hydrogen-bond acceptors (Lipinski definition) is 3. The van der Waals surface area contributed by atoms with E-state index in [0.29, 0.717) is 0 Å². The molecule has 0 spiro atoms. The normalized spacial score (nSPS) is 16.0. The van der Waals surface area contributed by atoms with Gasteiger partial charge in [0.15, 0.2) is 0 Å². The number of nitrogens with zero attached hydrogens (tertiary/aromatic N) is 2. The van der Waals surface area contributed by atoms with Crippen molar-refractivity contribution in [3.8, 4) is 0 Å². The van der Waals surface area contributed by atoms with Crippen LogP contribution in [0.15, 0.2) is 66.4 Å². The van der Waals surface area contributed by atoms with Crippen molar-refractivity contribution >= 4 is 34.8 Å². The summed E-state index contributed by atoms with van der Waals surface area (Å²) < 4.78 is 2.11. The number of imide groups is 2. The molecular weight excluding hydrogens is 366 g/mol. The second-order valence-electron chi connectivity index (χ2n) is 6.99. The Hall–Kier alpha value is -3.67. The van der Waals surface area contributed by atoms with Crippen LogP contribution in [0.4, 0.5) is 4.79 Å². The molecule has 6 nitrogen and oxygen atoms in total. The summed E-state index contributed by atoms with van der Waals surface area (Å²) in [5.74, 6) is -1.26. The van der Waals surface area contributed by atoms with E-state index in [0.717, 1.165) is 39.9 Å². The number of carbonyl (C=O) groups is 3. The molecule has 1 saturated heterocycles. The van der Waals surface area contributed by atoms with Crippen molar-refractivity contribution in [2.75, 3.05) is 0 Å². The average molecular weight is 387 g/mol. The summed E-state index contributed by atoms with van der Waals surface area (Å²) in [5, 5.41) is 3.24. The number of barbiturate groups is 1. The van der Waals surface area contributed by atoms with Gasteiger partial charge in [-0.05, 0) is 24.1 Å². The summed E-state index contributed by atoms with van der Waals surface area (Å²) in [6.07, 6.45) is 4.49. The first-order chi connectivity index (χ1) is 14.1. The number of hydrogen-bond donors (Lipinski definition) is 1. The molecule has 29 heavy (non-hydrogen) atoms. The standard InChI is InChI=1S/C23H21N3O3/c1-2-12-25-15-17(18-10-6-7-11-20(18)25)13-19-21(27)24-23(29)26(22(19)28)14-16-8-4-3-5-9-16/h3-11,13,15H,2,12,14H2,1H3,(H,24,27,29)/b19-13-. The lowest BCUT2D eigenvalue weighted by atomic mass is 10.1. The van der Waals surface area contributed by atoms with Gasteiger partial charge in [-0.3, -0.25) is 19.8 Å².